The van der Waals surface area contributed by atoms with Crippen molar-refractivity contribution in [3.63, 3.8) is 0 Å². The molecule has 2 nitrogen and oxygen atoms in total. The number of fused-ring (bicyclic) bond motifs is 1. The molecule has 0 fully saturated rings. The summed E-state index contributed by atoms with van der Waals surface area (Å²) in [6, 6.07) is 8.56. The summed E-state index contributed by atoms with van der Waals surface area (Å²) in [5, 5.41) is 2.56. The van der Waals surface area contributed by atoms with Gasteiger partial charge < -0.3 is 4.90 Å². The highest BCUT2D eigenvalue weighted by molar-refractivity contribution is 5.84. The van der Waals surface area contributed by atoms with Crippen molar-refractivity contribution >= 4 is 10.8 Å². The fraction of sp³-hybridized carbons (Fsp3) is 0.400. The van der Waals surface area contributed by atoms with Crippen molar-refractivity contribution in [1.82, 2.24) is 9.88 Å². The van der Waals surface area contributed by atoms with Crippen LogP contribution in [0.4, 0.5) is 0 Å². The second-order valence-corrected chi connectivity index (χ2v) is 4.61. The van der Waals surface area contributed by atoms with Gasteiger partial charge in [-0.2, -0.15) is 0 Å². The average molecular weight is 228 g/mol. The quantitative estimate of drug-likeness (QED) is 0.779. The Morgan fingerprint density at radius 3 is 2.94 bits per heavy atom. The molecule has 2 aromatic rings. The summed E-state index contributed by atoms with van der Waals surface area (Å²) < 4.78 is 0. The molecule has 2 rings (SSSR count). The van der Waals surface area contributed by atoms with Crippen LogP contribution < -0.4 is 0 Å². The summed E-state index contributed by atoms with van der Waals surface area (Å²) in [5.41, 5.74) is 1.39. The van der Waals surface area contributed by atoms with Gasteiger partial charge in [0.1, 0.15) is 0 Å². The fourth-order valence-corrected chi connectivity index (χ4v) is 2.13. The molecule has 0 aliphatic heterocycles. The van der Waals surface area contributed by atoms with Crippen LogP contribution in [0.3, 0.4) is 0 Å². The van der Waals surface area contributed by atoms with Crippen molar-refractivity contribution in [2.75, 3.05) is 13.6 Å². The number of pyridine rings is 1. The first-order valence-corrected chi connectivity index (χ1v) is 6.31. The molecular weight excluding hydrogens is 208 g/mol. The zero-order valence-electron chi connectivity index (χ0n) is 10.7. The smallest absolute Gasteiger partial charge is 0.0346 e. The lowest BCUT2D eigenvalue weighted by Crippen LogP contribution is -2.19. The molecule has 0 saturated carbocycles. The Balaban J connectivity index is 2.18. The van der Waals surface area contributed by atoms with E-state index in [0.29, 0.717) is 0 Å². The third-order valence-electron chi connectivity index (χ3n) is 3.10. The van der Waals surface area contributed by atoms with Gasteiger partial charge in [0.05, 0.1) is 0 Å². The molecule has 0 N–H and O–H groups in total. The van der Waals surface area contributed by atoms with Crippen LogP contribution in [0.5, 0.6) is 0 Å². The van der Waals surface area contributed by atoms with Gasteiger partial charge >= 0.3 is 0 Å². The van der Waals surface area contributed by atoms with E-state index in [1.54, 1.807) is 0 Å². The van der Waals surface area contributed by atoms with E-state index in [4.69, 9.17) is 0 Å². The van der Waals surface area contributed by atoms with E-state index < -0.39 is 0 Å². The van der Waals surface area contributed by atoms with Crippen molar-refractivity contribution in [2.24, 2.45) is 0 Å². The van der Waals surface area contributed by atoms with Gasteiger partial charge in [0.2, 0.25) is 0 Å². The highest BCUT2D eigenvalue weighted by Crippen LogP contribution is 2.18. The molecule has 1 aromatic heterocycles. The lowest BCUT2D eigenvalue weighted by Gasteiger charge is -2.17. The average Bonchev–Trinajstić information content (AvgIpc) is 2.37. The summed E-state index contributed by atoms with van der Waals surface area (Å²) in [6.07, 6.45) is 6.33. The summed E-state index contributed by atoms with van der Waals surface area (Å²) in [5.74, 6) is 0. The Bertz CT molecular complexity index is 474. The number of benzene rings is 1. The predicted molar refractivity (Wildman–Crippen MR) is 73.0 cm³/mol. The van der Waals surface area contributed by atoms with Crippen molar-refractivity contribution in [3.8, 4) is 0 Å². The van der Waals surface area contributed by atoms with Gasteiger partial charge in [-0.05, 0) is 37.0 Å². The summed E-state index contributed by atoms with van der Waals surface area (Å²) >= 11 is 0. The highest BCUT2D eigenvalue weighted by Gasteiger charge is 2.03. The van der Waals surface area contributed by atoms with Gasteiger partial charge in [-0.25, -0.2) is 0 Å². The van der Waals surface area contributed by atoms with Crippen LogP contribution in [-0.2, 0) is 6.54 Å². The molecule has 2 heteroatoms. The molecule has 1 heterocycles. The van der Waals surface area contributed by atoms with Crippen LogP contribution in [-0.4, -0.2) is 23.5 Å². The largest absolute Gasteiger partial charge is 0.302 e. The minimum atomic E-state index is 1.02. The molecule has 0 aliphatic rings. The van der Waals surface area contributed by atoms with Crippen molar-refractivity contribution in [3.05, 3.63) is 42.2 Å². The van der Waals surface area contributed by atoms with E-state index >= 15 is 0 Å². The molecule has 0 radical (unpaired) electrons. The van der Waals surface area contributed by atoms with Crippen LogP contribution in [0.1, 0.15) is 25.3 Å². The summed E-state index contributed by atoms with van der Waals surface area (Å²) in [4.78, 5) is 6.56. The summed E-state index contributed by atoms with van der Waals surface area (Å²) in [7, 11) is 2.19. The molecular formula is C15H20N2. The Hall–Kier alpha value is -1.41. The number of hydrogen-bond acceptors (Lipinski definition) is 2. The number of aromatic nitrogens is 1. The predicted octanol–water partition coefficient (Wildman–Crippen LogP) is 3.47. The van der Waals surface area contributed by atoms with Gasteiger partial charge in [-0.15, -0.1) is 0 Å². The van der Waals surface area contributed by atoms with Crippen molar-refractivity contribution < 1.29 is 0 Å². The first kappa shape index (κ1) is 12.1. The highest BCUT2D eigenvalue weighted by atomic mass is 15.1. The number of rotatable bonds is 5. The normalized spacial score (nSPS) is 11.2. The molecule has 0 spiro atoms. The van der Waals surface area contributed by atoms with E-state index in [1.165, 1.54) is 29.2 Å². The van der Waals surface area contributed by atoms with Gasteiger partial charge in [0, 0.05) is 24.3 Å². The first-order valence-electron chi connectivity index (χ1n) is 6.31. The van der Waals surface area contributed by atoms with Gasteiger partial charge in [0.25, 0.3) is 0 Å². The molecule has 1 aromatic carbocycles. The zero-order chi connectivity index (χ0) is 12.1. The fourth-order valence-electron chi connectivity index (χ4n) is 2.13. The minimum absolute atomic E-state index is 1.02. The SMILES string of the molecule is CCCCN(C)Cc1cccc2cnccc12. The molecule has 0 atom stereocenters. The lowest BCUT2D eigenvalue weighted by molar-refractivity contribution is 0.322. The number of hydrogen-bond donors (Lipinski definition) is 0. The monoisotopic (exact) mass is 228 g/mol. The van der Waals surface area contributed by atoms with Crippen molar-refractivity contribution in [2.45, 2.75) is 26.3 Å². The van der Waals surface area contributed by atoms with Gasteiger partial charge in [-0.3, -0.25) is 4.98 Å². The van der Waals surface area contributed by atoms with E-state index in [9.17, 15) is 0 Å². The number of unbranched alkanes of at least 4 members (excludes halogenated alkanes) is 1. The maximum Gasteiger partial charge on any atom is 0.0346 e. The second kappa shape index (κ2) is 5.78. The maximum absolute atomic E-state index is 4.17. The molecule has 17 heavy (non-hydrogen) atoms. The van der Waals surface area contributed by atoms with Gasteiger partial charge in [-0.1, -0.05) is 31.5 Å². The standard InChI is InChI=1S/C15H20N2/c1-3-4-10-17(2)12-14-7-5-6-13-11-16-9-8-15(13)14/h5-9,11H,3-4,10,12H2,1-2H3. The first-order chi connectivity index (χ1) is 8.31. The number of nitrogens with zero attached hydrogens (tertiary/aromatic N) is 2. The Labute approximate surface area is 103 Å². The van der Waals surface area contributed by atoms with E-state index in [2.05, 4.69) is 48.1 Å². The van der Waals surface area contributed by atoms with Crippen LogP contribution in [0.2, 0.25) is 0 Å². The Kier molecular flexibility index (Phi) is 4.10. The van der Waals surface area contributed by atoms with Crippen LogP contribution >= 0.6 is 0 Å². The molecule has 90 valence electrons. The molecule has 0 aliphatic carbocycles. The van der Waals surface area contributed by atoms with Crippen LogP contribution in [0, 0.1) is 0 Å². The van der Waals surface area contributed by atoms with E-state index in [0.717, 1.165) is 13.1 Å². The minimum Gasteiger partial charge on any atom is -0.302 e. The topological polar surface area (TPSA) is 16.1 Å². The molecule has 0 unspecified atom stereocenters. The molecule has 0 saturated heterocycles. The van der Waals surface area contributed by atoms with Crippen molar-refractivity contribution in [1.29, 1.82) is 0 Å². The molecule has 0 bridgehead atoms. The maximum atomic E-state index is 4.17. The third-order valence-corrected chi connectivity index (χ3v) is 3.10. The third kappa shape index (κ3) is 3.04. The Morgan fingerprint density at radius 1 is 1.24 bits per heavy atom. The lowest BCUT2D eigenvalue weighted by atomic mass is 10.1. The Morgan fingerprint density at radius 2 is 2.12 bits per heavy atom. The zero-order valence-corrected chi connectivity index (χ0v) is 10.7. The van der Waals surface area contributed by atoms with E-state index in [-0.39, 0.29) is 0 Å². The summed E-state index contributed by atoms with van der Waals surface area (Å²) in [6.45, 7) is 4.41. The van der Waals surface area contributed by atoms with Crippen LogP contribution in [0.25, 0.3) is 10.8 Å². The van der Waals surface area contributed by atoms with Crippen LogP contribution in [0.15, 0.2) is 36.7 Å². The molecule has 0 amide bonds. The van der Waals surface area contributed by atoms with Gasteiger partial charge in [0.15, 0.2) is 0 Å². The van der Waals surface area contributed by atoms with E-state index in [1.807, 2.05) is 12.4 Å². The second-order valence-electron chi connectivity index (χ2n) is 4.61.